The number of hydrogen-bond donors (Lipinski definition) is 2. The largest absolute Gasteiger partial charge is 0.381 e. The second-order valence-electron chi connectivity index (χ2n) is 5.05. The average molecular weight is 250 g/mol. The van der Waals surface area contributed by atoms with Crippen molar-refractivity contribution < 1.29 is 9.53 Å². The van der Waals surface area contributed by atoms with Crippen molar-refractivity contribution in [3.8, 4) is 0 Å². The predicted octanol–water partition coefficient (Wildman–Crippen LogP) is 0.921. The van der Waals surface area contributed by atoms with E-state index in [1.165, 1.54) is 12.3 Å². The van der Waals surface area contributed by atoms with Crippen LogP contribution in [0, 0.1) is 5.41 Å². The van der Waals surface area contributed by atoms with Crippen LogP contribution in [0.5, 0.6) is 0 Å². The Balaban J connectivity index is 1.94. The molecule has 1 amide bonds. The summed E-state index contributed by atoms with van der Waals surface area (Å²) in [4.78, 5) is 25.5. The second-order valence-corrected chi connectivity index (χ2v) is 5.05. The van der Waals surface area contributed by atoms with Gasteiger partial charge in [-0.05, 0) is 24.3 Å². The molecule has 1 saturated heterocycles. The number of ether oxygens (including phenoxy) is 1. The fraction of sp³-hybridized carbons (Fsp3) is 0.538. The molecule has 2 rings (SSSR count). The molecule has 98 valence electrons. The number of hydrogen-bond acceptors (Lipinski definition) is 3. The van der Waals surface area contributed by atoms with Crippen molar-refractivity contribution in [3.05, 3.63) is 34.2 Å². The van der Waals surface area contributed by atoms with Crippen molar-refractivity contribution >= 4 is 5.91 Å². The molecule has 1 aromatic rings. The Morgan fingerprint density at radius 1 is 1.50 bits per heavy atom. The maximum atomic E-state index is 11.9. The lowest BCUT2D eigenvalue weighted by molar-refractivity contribution is 0.0238. The third-order valence-corrected chi connectivity index (χ3v) is 3.41. The molecule has 0 spiro atoms. The van der Waals surface area contributed by atoms with E-state index >= 15 is 0 Å². The molecule has 0 aromatic carbocycles. The monoisotopic (exact) mass is 250 g/mol. The van der Waals surface area contributed by atoms with Gasteiger partial charge >= 0.3 is 0 Å². The van der Waals surface area contributed by atoms with E-state index in [0.29, 0.717) is 12.1 Å². The normalized spacial score (nSPS) is 18.3. The zero-order valence-electron chi connectivity index (χ0n) is 10.5. The molecule has 0 radical (unpaired) electrons. The van der Waals surface area contributed by atoms with E-state index in [1.54, 1.807) is 6.07 Å². The van der Waals surface area contributed by atoms with Gasteiger partial charge in [0.2, 0.25) is 5.56 Å². The number of rotatable bonds is 3. The van der Waals surface area contributed by atoms with Gasteiger partial charge in [-0.2, -0.15) is 0 Å². The average Bonchev–Trinajstić information content (AvgIpc) is 2.37. The van der Waals surface area contributed by atoms with Crippen molar-refractivity contribution in [2.75, 3.05) is 19.8 Å². The topological polar surface area (TPSA) is 71.2 Å². The van der Waals surface area contributed by atoms with Crippen molar-refractivity contribution in [3.63, 3.8) is 0 Å². The summed E-state index contributed by atoms with van der Waals surface area (Å²) >= 11 is 0. The van der Waals surface area contributed by atoms with Crippen LogP contribution in [-0.4, -0.2) is 30.6 Å². The zero-order valence-corrected chi connectivity index (χ0v) is 10.5. The summed E-state index contributed by atoms with van der Waals surface area (Å²) in [7, 11) is 0. The van der Waals surface area contributed by atoms with E-state index in [-0.39, 0.29) is 16.9 Å². The molecule has 0 aliphatic carbocycles. The van der Waals surface area contributed by atoms with Gasteiger partial charge in [-0.25, -0.2) is 0 Å². The first kappa shape index (κ1) is 12.8. The summed E-state index contributed by atoms with van der Waals surface area (Å²) in [5, 5.41) is 2.89. The molecule has 5 nitrogen and oxygen atoms in total. The number of aromatic nitrogens is 1. The van der Waals surface area contributed by atoms with Gasteiger partial charge in [0.25, 0.3) is 5.91 Å². The second kappa shape index (κ2) is 5.35. The van der Waals surface area contributed by atoms with Gasteiger partial charge in [0.05, 0.1) is 0 Å². The third kappa shape index (κ3) is 3.20. The number of aromatic amines is 1. The summed E-state index contributed by atoms with van der Waals surface area (Å²) in [5.74, 6) is -0.200. The first-order valence-electron chi connectivity index (χ1n) is 6.14. The minimum atomic E-state index is -0.264. The Morgan fingerprint density at radius 2 is 2.22 bits per heavy atom. The van der Waals surface area contributed by atoms with Gasteiger partial charge in [0.1, 0.15) is 0 Å². The standard InChI is InChI=1S/C13H18N2O3/c1-13(3-6-18-7-4-13)9-15-12(17)10-2-5-14-11(16)8-10/h2,5,8H,3-4,6-7,9H2,1H3,(H,14,16)(H,15,17). The summed E-state index contributed by atoms with van der Waals surface area (Å²) in [6, 6.07) is 2.91. The van der Waals surface area contributed by atoms with Crippen LogP contribution in [0.4, 0.5) is 0 Å². The number of carbonyl (C=O) groups is 1. The van der Waals surface area contributed by atoms with Gasteiger partial charge in [0, 0.05) is 37.6 Å². The number of H-pyrrole nitrogens is 1. The summed E-state index contributed by atoms with van der Waals surface area (Å²) in [6.07, 6.45) is 3.37. The zero-order chi connectivity index (χ0) is 13.0. The van der Waals surface area contributed by atoms with Crippen LogP contribution in [0.25, 0.3) is 0 Å². The van der Waals surface area contributed by atoms with E-state index in [4.69, 9.17) is 4.74 Å². The highest BCUT2D eigenvalue weighted by molar-refractivity contribution is 5.93. The minimum Gasteiger partial charge on any atom is -0.381 e. The molecule has 1 aromatic heterocycles. The fourth-order valence-electron chi connectivity index (χ4n) is 2.02. The quantitative estimate of drug-likeness (QED) is 0.838. The number of nitrogens with one attached hydrogen (secondary N) is 2. The Kier molecular flexibility index (Phi) is 3.81. The van der Waals surface area contributed by atoms with Gasteiger partial charge in [-0.1, -0.05) is 6.92 Å². The first-order chi connectivity index (χ1) is 8.59. The van der Waals surface area contributed by atoms with Crippen LogP contribution >= 0.6 is 0 Å². The smallest absolute Gasteiger partial charge is 0.251 e. The lowest BCUT2D eigenvalue weighted by Crippen LogP contribution is -2.39. The van der Waals surface area contributed by atoms with E-state index in [1.807, 2.05) is 0 Å². The van der Waals surface area contributed by atoms with Crippen molar-refractivity contribution in [2.24, 2.45) is 5.41 Å². The van der Waals surface area contributed by atoms with E-state index < -0.39 is 0 Å². The first-order valence-corrected chi connectivity index (χ1v) is 6.14. The van der Waals surface area contributed by atoms with Gasteiger partial charge in [-0.3, -0.25) is 9.59 Å². The van der Waals surface area contributed by atoms with Crippen LogP contribution in [0.3, 0.4) is 0 Å². The molecule has 0 atom stereocenters. The van der Waals surface area contributed by atoms with Crippen LogP contribution in [0.2, 0.25) is 0 Å². The molecule has 0 unspecified atom stereocenters. The van der Waals surface area contributed by atoms with Crippen LogP contribution in [0.1, 0.15) is 30.1 Å². The highest BCUT2D eigenvalue weighted by atomic mass is 16.5. The molecule has 5 heteroatoms. The number of carbonyl (C=O) groups excluding carboxylic acids is 1. The van der Waals surface area contributed by atoms with Gasteiger partial charge < -0.3 is 15.0 Å². The number of amides is 1. The maximum Gasteiger partial charge on any atom is 0.251 e. The molecular formula is C13H18N2O3. The molecule has 1 aliphatic rings. The molecule has 0 saturated carbocycles. The Hall–Kier alpha value is -1.62. The Bertz CT molecular complexity index is 475. The molecule has 1 aliphatic heterocycles. The van der Waals surface area contributed by atoms with Crippen molar-refractivity contribution in [1.82, 2.24) is 10.3 Å². The van der Waals surface area contributed by atoms with E-state index in [2.05, 4.69) is 17.2 Å². The molecule has 2 heterocycles. The van der Waals surface area contributed by atoms with Crippen LogP contribution < -0.4 is 10.9 Å². The lowest BCUT2D eigenvalue weighted by atomic mass is 9.82. The molecule has 2 N–H and O–H groups in total. The van der Waals surface area contributed by atoms with Gasteiger partial charge in [0.15, 0.2) is 0 Å². The molecule has 0 bridgehead atoms. The fourth-order valence-corrected chi connectivity index (χ4v) is 2.02. The van der Waals surface area contributed by atoms with Gasteiger partial charge in [-0.15, -0.1) is 0 Å². The van der Waals surface area contributed by atoms with Crippen molar-refractivity contribution in [2.45, 2.75) is 19.8 Å². The highest BCUT2D eigenvalue weighted by Crippen LogP contribution is 2.28. The van der Waals surface area contributed by atoms with E-state index in [9.17, 15) is 9.59 Å². The molecule has 18 heavy (non-hydrogen) atoms. The maximum absolute atomic E-state index is 11.9. The van der Waals surface area contributed by atoms with Crippen LogP contribution in [0.15, 0.2) is 23.1 Å². The lowest BCUT2D eigenvalue weighted by Gasteiger charge is -2.33. The minimum absolute atomic E-state index is 0.0924. The Morgan fingerprint density at radius 3 is 2.89 bits per heavy atom. The summed E-state index contributed by atoms with van der Waals surface area (Å²) in [6.45, 7) is 4.25. The Labute approximate surface area is 106 Å². The SMILES string of the molecule is CC1(CNC(=O)c2cc[nH]c(=O)c2)CCOCC1. The highest BCUT2D eigenvalue weighted by Gasteiger charge is 2.27. The summed E-state index contributed by atoms with van der Waals surface area (Å²) in [5.41, 5.74) is 0.226. The van der Waals surface area contributed by atoms with Crippen molar-refractivity contribution in [1.29, 1.82) is 0 Å². The summed E-state index contributed by atoms with van der Waals surface area (Å²) < 4.78 is 5.31. The third-order valence-electron chi connectivity index (χ3n) is 3.41. The molecular weight excluding hydrogens is 232 g/mol. The number of pyridine rings is 1. The predicted molar refractivity (Wildman–Crippen MR) is 67.6 cm³/mol. The molecule has 1 fully saturated rings. The van der Waals surface area contributed by atoms with E-state index in [0.717, 1.165) is 26.1 Å². The van der Waals surface area contributed by atoms with Crippen LogP contribution in [-0.2, 0) is 4.74 Å².